The molecule has 1 aromatic carbocycles. The molecular formula is C12H17NO4. The molecule has 0 aromatic heterocycles. The summed E-state index contributed by atoms with van der Waals surface area (Å²) in [6.07, 6.45) is 2.20. The highest BCUT2D eigenvalue weighted by molar-refractivity contribution is 5.82. The molecule has 0 spiro atoms. The summed E-state index contributed by atoms with van der Waals surface area (Å²) in [6.45, 7) is 2.60. The van der Waals surface area contributed by atoms with Gasteiger partial charge in [-0.3, -0.25) is 0 Å². The van der Waals surface area contributed by atoms with Gasteiger partial charge in [0.05, 0.1) is 27.0 Å². The summed E-state index contributed by atoms with van der Waals surface area (Å²) in [4.78, 5) is 0. The van der Waals surface area contributed by atoms with E-state index in [1.807, 2.05) is 6.92 Å². The first kappa shape index (κ1) is 13.2. The second kappa shape index (κ2) is 6.62. The summed E-state index contributed by atoms with van der Waals surface area (Å²) in [5.41, 5.74) is 0.671. The van der Waals surface area contributed by atoms with Gasteiger partial charge in [0, 0.05) is 5.56 Å². The number of methoxy groups -OCH3 is 2. The highest BCUT2D eigenvalue weighted by Crippen LogP contribution is 2.38. The predicted molar refractivity (Wildman–Crippen MR) is 64.7 cm³/mol. The molecule has 0 aliphatic heterocycles. The van der Waals surface area contributed by atoms with Gasteiger partial charge < -0.3 is 19.4 Å². The predicted octanol–water partition coefficient (Wildman–Crippen LogP) is 2.30. The SMILES string of the molecule is CCCOc1c(OC)cc(/C=N\O)cc1OC. The van der Waals surface area contributed by atoms with Gasteiger partial charge in [0.25, 0.3) is 0 Å². The van der Waals surface area contributed by atoms with E-state index in [-0.39, 0.29) is 0 Å². The smallest absolute Gasteiger partial charge is 0.203 e. The van der Waals surface area contributed by atoms with Gasteiger partial charge in [0.15, 0.2) is 11.5 Å². The average Bonchev–Trinajstić information content (AvgIpc) is 2.36. The Morgan fingerprint density at radius 1 is 1.24 bits per heavy atom. The van der Waals surface area contributed by atoms with Crippen molar-refractivity contribution in [3.63, 3.8) is 0 Å². The summed E-state index contributed by atoms with van der Waals surface area (Å²) in [5.74, 6) is 1.66. The molecule has 0 atom stereocenters. The van der Waals surface area contributed by atoms with E-state index in [0.29, 0.717) is 29.4 Å². The first-order chi connectivity index (χ1) is 8.26. The van der Waals surface area contributed by atoms with Crippen LogP contribution in [-0.4, -0.2) is 32.2 Å². The lowest BCUT2D eigenvalue weighted by Crippen LogP contribution is -2.01. The third-order valence-electron chi connectivity index (χ3n) is 2.14. The monoisotopic (exact) mass is 239 g/mol. The zero-order valence-electron chi connectivity index (χ0n) is 10.3. The second-order valence-electron chi connectivity index (χ2n) is 3.35. The molecule has 0 fully saturated rings. The van der Waals surface area contributed by atoms with Gasteiger partial charge in [0.1, 0.15) is 0 Å². The number of ether oxygens (including phenoxy) is 3. The van der Waals surface area contributed by atoms with Crippen LogP contribution in [0.5, 0.6) is 17.2 Å². The van der Waals surface area contributed by atoms with Crippen molar-refractivity contribution in [3.8, 4) is 17.2 Å². The van der Waals surface area contributed by atoms with Crippen LogP contribution in [0.15, 0.2) is 17.3 Å². The van der Waals surface area contributed by atoms with Crippen LogP contribution >= 0.6 is 0 Å². The third kappa shape index (κ3) is 3.27. The molecule has 0 bridgehead atoms. The van der Waals surface area contributed by atoms with Crippen molar-refractivity contribution >= 4 is 6.21 Å². The topological polar surface area (TPSA) is 60.3 Å². The van der Waals surface area contributed by atoms with Crippen molar-refractivity contribution in [1.82, 2.24) is 0 Å². The summed E-state index contributed by atoms with van der Waals surface area (Å²) in [7, 11) is 3.10. The quantitative estimate of drug-likeness (QED) is 0.470. The minimum Gasteiger partial charge on any atom is -0.493 e. The first-order valence-electron chi connectivity index (χ1n) is 5.33. The summed E-state index contributed by atoms with van der Waals surface area (Å²) in [5, 5.41) is 11.5. The van der Waals surface area contributed by atoms with Crippen LogP contribution in [0, 0.1) is 0 Å². The molecule has 0 radical (unpaired) electrons. The van der Waals surface area contributed by atoms with Crippen molar-refractivity contribution in [1.29, 1.82) is 0 Å². The zero-order valence-corrected chi connectivity index (χ0v) is 10.3. The third-order valence-corrected chi connectivity index (χ3v) is 2.14. The Kier molecular flexibility index (Phi) is 5.13. The van der Waals surface area contributed by atoms with Crippen LogP contribution in [0.25, 0.3) is 0 Å². The van der Waals surface area contributed by atoms with Crippen molar-refractivity contribution in [2.24, 2.45) is 5.16 Å². The van der Waals surface area contributed by atoms with Crippen LogP contribution in [0.4, 0.5) is 0 Å². The molecule has 0 heterocycles. The fraction of sp³-hybridized carbons (Fsp3) is 0.417. The Morgan fingerprint density at radius 2 is 1.82 bits per heavy atom. The summed E-state index contributed by atoms with van der Waals surface area (Å²) in [6, 6.07) is 3.43. The van der Waals surface area contributed by atoms with Crippen molar-refractivity contribution in [2.45, 2.75) is 13.3 Å². The number of rotatable bonds is 6. The van der Waals surface area contributed by atoms with E-state index >= 15 is 0 Å². The van der Waals surface area contributed by atoms with Gasteiger partial charge in [-0.1, -0.05) is 12.1 Å². The minimum absolute atomic E-state index is 0.549. The van der Waals surface area contributed by atoms with Crippen molar-refractivity contribution in [3.05, 3.63) is 17.7 Å². The molecule has 0 aliphatic carbocycles. The van der Waals surface area contributed by atoms with E-state index in [1.165, 1.54) is 6.21 Å². The van der Waals surface area contributed by atoms with Gasteiger partial charge in [-0.25, -0.2) is 0 Å². The van der Waals surface area contributed by atoms with Gasteiger partial charge in [-0.2, -0.15) is 0 Å². The Hall–Kier alpha value is -1.91. The zero-order chi connectivity index (χ0) is 12.7. The first-order valence-corrected chi connectivity index (χ1v) is 5.33. The minimum atomic E-state index is 0.549. The van der Waals surface area contributed by atoms with Gasteiger partial charge >= 0.3 is 0 Å². The Morgan fingerprint density at radius 3 is 2.24 bits per heavy atom. The van der Waals surface area contributed by atoms with Crippen molar-refractivity contribution in [2.75, 3.05) is 20.8 Å². The van der Waals surface area contributed by atoms with Crippen molar-refractivity contribution < 1.29 is 19.4 Å². The van der Waals surface area contributed by atoms with Gasteiger partial charge in [-0.15, -0.1) is 0 Å². The van der Waals surface area contributed by atoms with E-state index in [0.717, 1.165) is 6.42 Å². The molecule has 5 nitrogen and oxygen atoms in total. The molecule has 0 saturated heterocycles. The number of hydrogen-bond acceptors (Lipinski definition) is 5. The average molecular weight is 239 g/mol. The molecule has 17 heavy (non-hydrogen) atoms. The van der Waals surface area contributed by atoms with Gasteiger partial charge in [-0.05, 0) is 18.6 Å². The highest BCUT2D eigenvalue weighted by atomic mass is 16.5. The summed E-state index contributed by atoms with van der Waals surface area (Å²) < 4.78 is 16.0. The standard InChI is InChI=1S/C12H17NO4/c1-4-5-17-12-10(15-2)6-9(8-13-14)7-11(12)16-3/h6-8,14H,4-5H2,1-3H3/b13-8-. The lowest BCUT2D eigenvalue weighted by molar-refractivity contribution is 0.274. The van der Waals surface area contributed by atoms with E-state index in [9.17, 15) is 0 Å². The Bertz CT molecular complexity index is 365. The van der Waals surface area contributed by atoms with E-state index in [1.54, 1.807) is 26.4 Å². The number of benzene rings is 1. The lowest BCUT2D eigenvalue weighted by atomic mass is 10.2. The largest absolute Gasteiger partial charge is 0.493 e. The molecule has 1 N–H and O–H groups in total. The molecular weight excluding hydrogens is 222 g/mol. The molecule has 1 rings (SSSR count). The normalized spacial score (nSPS) is 10.5. The molecule has 1 aromatic rings. The maximum absolute atomic E-state index is 8.51. The maximum atomic E-state index is 8.51. The molecule has 5 heteroatoms. The van der Waals surface area contributed by atoms with Crippen LogP contribution in [0.2, 0.25) is 0 Å². The number of nitrogens with zero attached hydrogens (tertiary/aromatic N) is 1. The highest BCUT2D eigenvalue weighted by Gasteiger charge is 2.13. The van der Waals surface area contributed by atoms with Crippen LogP contribution in [-0.2, 0) is 0 Å². The fourth-order valence-corrected chi connectivity index (χ4v) is 1.39. The van der Waals surface area contributed by atoms with E-state index < -0.39 is 0 Å². The number of hydrogen-bond donors (Lipinski definition) is 1. The van der Waals surface area contributed by atoms with Crippen LogP contribution in [0.1, 0.15) is 18.9 Å². The number of oxime groups is 1. The van der Waals surface area contributed by atoms with Gasteiger partial charge in [0.2, 0.25) is 5.75 Å². The van der Waals surface area contributed by atoms with E-state index in [2.05, 4.69) is 5.16 Å². The van der Waals surface area contributed by atoms with Crippen LogP contribution < -0.4 is 14.2 Å². The fourth-order valence-electron chi connectivity index (χ4n) is 1.39. The summed E-state index contributed by atoms with van der Waals surface area (Å²) >= 11 is 0. The molecule has 0 amide bonds. The Balaban J connectivity index is 3.16. The molecule has 0 aliphatic rings. The molecule has 94 valence electrons. The molecule has 0 unspecified atom stereocenters. The van der Waals surface area contributed by atoms with Crippen LogP contribution in [0.3, 0.4) is 0 Å². The second-order valence-corrected chi connectivity index (χ2v) is 3.35. The van der Waals surface area contributed by atoms with E-state index in [4.69, 9.17) is 19.4 Å². The molecule has 0 saturated carbocycles. The maximum Gasteiger partial charge on any atom is 0.203 e. The Labute approximate surface area is 101 Å². The lowest BCUT2D eigenvalue weighted by Gasteiger charge is -2.14.